The minimum Gasteiger partial charge on any atom is -0.280 e. The first kappa shape index (κ1) is 13.1. The molecule has 104 valence electrons. The van der Waals surface area contributed by atoms with Crippen molar-refractivity contribution in [3.8, 4) is 5.69 Å². The molecule has 1 aromatic carbocycles. The molecule has 0 amide bonds. The van der Waals surface area contributed by atoms with Crippen LogP contribution in [-0.2, 0) is 12.9 Å². The van der Waals surface area contributed by atoms with E-state index in [9.17, 15) is 4.39 Å². The van der Waals surface area contributed by atoms with Gasteiger partial charge in [-0.05, 0) is 37.6 Å². The fraction of sp³-hybridized carbons (Fsp3) is 0.286. The van der Waals surface area contributed by atoms with E-state index in [1.54, 1.807) is 10.7 Å². The molecule has 2 aromatic heterocycles. The summed E-state index contributed by atoms with van der Waals surface area (Å²) in [6.45, 7) is 3.78. The van der Waals surface area contributed by atoms with E-state index in [1.807, 2.05) is 25.5 Å². The van der Waals surface area contributed by atoms with Gasteiger partial charge in [0.2, 0.25) is 0 Å². The van der Waals surface area contributed by atoms with Gasteiger partial charge in [-0.2, -0.15) is 5.10 Å². The summed E-state index contributed by atoms with van der Waals surface area (Å²) in [6.07, 6.45) is 0. The molecule has 0 aliphatic rings. The van der Waals surface area contributed by atoms with Crippen molar-refractivity contribution >= 4 is 22.8 Å². The lowest BCUT2D eigenvalue weighted by Crippen LogP contribution is -2.06. The monoisotopic (exact) mass is 292 g/mol. The highest BCUT2D eigenvalue weighted by atomic mass is 35.5. The van der Waals surface area contributed by atoms with Crippen molar-refractivity contribution in [3.63, 3.8) is 0 Å². The van der Waals surface area contributed by atoms with Crippen LogP contribution in [0.5, 0.6) is 0 Å². The van der Waals surface area contributed by atoms with Gasteiger partial charge in [0.05, 0.1) is 17.3 Å². The van der Waals surface area contributed by atoms with E-state index >= 15 is 0 Å². The number of benzene rings is 1. The van der Waals surface area contributed by atoms with E-state index in [4.69, 9.17) is 11.6 Å². The fourth-order valence-corrected chi connectivity index (χ4v) is 2.71. The molecule has 0 bridgehead atoms. The van der Waals surface area contributed by atoms with Crippen LogP contribution in [0.1, 0.15) is 17.1 Å². The maximum absolute atomic E-state index is 13.3. The van der Waals surface area contributed by atoms with Gasteiger partial charge in [0.25, 0.3) is 0 Å². The van der Waals surface area contributed by atoms with Crippen LogP contribution < -0.4 is 0 Å². The first-order valence-electron chi connectivity index (χ1n) is 6.26. The Morgan fingerprint density at radius 2 is 2.05 bits per heavy atom. The van der Waals surface area contributed by atoms with E-state index in [0.29, 0.717) is 0 Å². The van der Waals surface area contributed by atoms with Crippen LogP contribution in [0.4, 0.5) is 4.39 Å². The molecule has 6 heteroatoms. The number of hydrogen-bond donors (Lipinski definition) is 0. The number of alkyl halides is 1. The average Bonchev–Trinajstić information content (AvgIpc) is 2.89. The minimum absolute atomic E-state index is 0.254. The molecule has 0 fully saturated rings. The zero-order valence-electron chi connectivity index (χ0n) is 11.5. The van der Waals surface area contributed by atoms with Crippen LogP contribution in [0, 0.1) is 19.7 Å². The molecule has 2 heterocycles. The normalized spacial score (nSPS) is 11.4. The Labute approximate surface area is 120 Å². The molecule has 3 aromatic rings. The second-order valence-corrected chi connectivity index (χ2v) is 5.08. The quantitative estimate of drug-likeness (QED) is 0.680. The molecule has 0 spiro atoms. The van der Waals surface area contributed by atoms with E-state index < -0.39 is 0 Å². The van der Waals surface area contributed by atoms with Crippen molar-refractivity contribution < 1.29 is 4.39 Å². The second kappa shape index (κ2) is 4.59. The van der Waals surface area contributed by atoms with Crippen molar-refractivity contribution in [2.24, 2.45) is 7.05 Å². The van der Waals surface area contributed by atoms with Gasteiger partial charge in [-0.25, -0.2) is 14.1 Å². The number of imidazole rings is 1. The van der Waals surface area contributed by atoms with E-state index in [0.717, 1.165) is 33.9 Å². The summed E-state index contributed by atoms with van der Waals surface area (Å²) < 4.78 is 17.0. The first-order valence-corrected chi connectivity index (χ1v) is 6.79. The molecule has 0 aliphatic carbocycles. The Bertz CT molecular complexity index is 803. The highest BCUT2D eigenvalue weighted by Crippen LogP contribution is 2.26. The molecule has 4 nitrogen and oxygen atoms in total. The lowest BCUT2D eigenvalue weighted by atomic mass is 10.2. The molecule has 0 unspecified atom stereocenters. The van der Waals surface area contributed by atoms with Crippen LogP contribution in [0.15, 0.2) is 18.2 Å². The number of halogens is 2. The number of hydrogen-bond acceptors (Lipinski definition) is 2. The summed E-state index contributed by atoms with van der Waals surface area (Å²) in [4.78, 5) is 4.55. The number of fused-ring (bicyclic) bond motifs is 1. The first-order chi connectivity index (χ1) is 9.52. The van der Waals surface area contributed by atoms with Crippen LogP contribution in [-0.4, -0.2) is 19.3 Å². The Balaban J connectivity index is 2.39. The maximum Gasteiger partial charge on any atom is 0.163 e. The van der Waals surface area contributed by atoms with E-state index in [1.165, 1.54) is 12.1 Å². The fourth-order valence-electron chi connectivity index (χ4n) is 2.53. The third-order valence-corrected chi connectivity index (χ3v) is 3.63. The molecule has 3 rings (SSSR count). The highest BCUT2D eigenvalue weighted by molar-refractivity contribution is 6.17. The predicted octanol–water partition coefficient (Wildman–Crippen LogP) is 3.25. The Hall–Kier alpha value is -1.88. The van der Waals surface area contributed by atoms with Crippen molar-refractivity contribution in [1.29, 1.82) is 0 Å². The Kier molecular flexibility index (Phi) is 3.01. The van der Waals surface area contributed by atoms with Crippen LogP contribution in [0.25, 0.3) is 16.9 Å². The van der Waals surface area contributed by atoms with Crippen LogP contribution in [0.3, 0.4) is 0 Å². The summed E-state index contributed by atoms with van der Waals surface area (Å²) in [5.41, 5.74) is 4.24. The number of aryl methyl sites for hydroxylation is 3. The second-order valence-electron chi connectivity index (χ2n) is 4.81. The molecular weight excluding hydrogens is 279 g/mol. The summed E-state index contributed by atoms with van der Waals surface area (Å²) in [6, 6.07) is 4.68. The van der Waals surface area contributed by atoms with Gasteiger partial charge >= 0.3 is 0 Å². The van der Waals surface area contributed by atoms with Crippen LogP contribution in [0.2, 0.25) is 0 Å². The zero-order valence-corrected chi connectivity index (χ0v) is 12.2. The highest BCUT2D eigenvalue weighted by Gasteiger charge is 2.19. The molecule has 0 radical (unpaired) electrons. The topological polar surface area (TPSA) is 35.6 Å². The van der Waals surface area contributed by atoms with E-state index in [2.05, 4.69) is 10.1 Å². The van der Waals surface area contributed by atoms with Gasteiger partial charge in [0.15, 0.2) is 5.65 Å². The van der Waals surface area contributed by atoms with Gasteiger partial charge in [-0.3, -0.25) is 4.57 Å². The SMILES string of the molecule is Cc1cc(F)ccc1-n1c(CCl)nc2c(C)nn(C)c21. The number of rotatable bonds is 2. The maximum atomic E-state index is 13.3. The van der Waals surface area contributed by atoms with Crippen molar-refractivity contribution in [2.45, 2.75) is 19.7 Å². The van der Waals surface area contributed by atoms with Crippen molar-refractivity contribution in [2.75, 3.05) is 0 Å². The summed E-state index contributed by atoms with van der Waals surface area (Å²) in [7, 11) is 1.87. The smallest absolute Gasteiger partial charge is 0.163 e. The third-order valence-electron chi connectivity index (χ3n) is 3.39. The summed E-state index contributed by atoms with van der Waals surface area (Å²) >= 11 is 6.01. The Morgan fingerprint density at radius 3 is 2.70 bits per heavy atom. The largest absolute Gasteiger partial charge is 0.280 e. The summed E-state index contributed by atoms with van der Waals surface area (Å²) in [5, 5.41) is 4.38. The van der Waals surface area contributed by atoms with Crippen molar-refractivity contribution in [3.05, 3.63) is 41.1 Å². The number of nitrogens with zero attached hydrogens (tertiary/aromatic N) is 4. The molecule has 0 saturated carbocycles. The van der Waals surface area contributed by atoms with Crippen molar-refractivity contribution in [1.82, 2.24) is 19.3 Å². The van der Waals surface area contributed by atoms with Crippen LogP contribution >= 0.6 is 11.6 Å². The van der Waals surface area contributed by atoms with Gasteiger partial charge < -0.3 is 0 Å². The van der Waals surface area contributed by atoms with E-state index in [-0.39, 0.29) is 11.7 Å². The average molecular weight is 293 g/mol. The zero-order chi connectivity index (χ0) is 14.4. The molecular formula is C14H14ClFN4. The Morgan fingerprint density at radius 1 is 1.30 bits per heavy atom. The third kappa shape index (κ3) is 1.81. The van der Waals surface area contributed by atoms with Gasteiger partial charge in [-0.1, -0.05) is 0 Å². The van der Waals surface area contributed by atoms with Gasteiger partial charge in [0.1, 0.15) is 17.2 Å². The standard InChI is InChI=1S/C14H14ClFN4/c1-8-6-10(16)4-5-11(8)20-12(7-15)17-13-9(2)18-19(3)14(13)20/h4-6H,7H2,1-3H3. The van der Waals surface area contributed by atoms with Gasteiger partial charge in [0, 0.05) is 7.05 Å². The lowest BCUT2D eigenvalue weighted by molar-refractivity contribution is 0.626. The molecule has 20 heavy (non-hydrogen) atoms. The summed E-state index contributed by atoms with van der Waals surface area (Å²) in [5.74, 6) is 0.758. The van der Waals surface area contributed by atoms with Gasteiger partial charge in [-0.15, -0.1) is 11.6 Å². The minimum atomic E-state index is -0.254. The lowest BCUT2D eigenvalue weighted by Gasteiger charge is -2.11. The molecule has 0 N–H and O–H groups in total. The predicted molar refractivity (Wildman–Crippen MR) is 76.8 cm³/mol. The molecule has 0 atom stereocenters. The molecule has 0 saturated heterocycles. The molecule has 0 aliphatic heterocycles. The number of aromatic nitrogens is 4.